The third kappa shape index (κ3) is 2.73. The number of nitrogens with zero attached hydrogens (tertiary/aromatic N) is 4. The van der Waals surface area contributed by atoms with E-state index < -0.39 is 5.82 Å². The molecule has 7 heteroatoms. The van der Waals surface area contributed by atoms with Crippen LogP contribution in [0.3, 0.4) is 0 Å². The summed E-state index contributed by atoms with van der Waals surface area (Å²) >= 11 is 0. The van der Waals surface area contributed by atoms with Crippen LogP contribution < -0.4 is 5.56 Å². The van der Waals surface area contributed by atoms with E-state index in [1.54, 1.807) is 36.7 Å². The molecule has 0 atom stereocenters. The molecule has 0 fully saturated rings. The molecule has 4 aromatic heterocycles. The van der Waals surface area contributed by atoms with E-state index >= 15 is 0 Å². The van der Waals surface area contributed by atoms with Crippen LogP contribution in [0.2, 0.25) is 0 Å². The molecule has 5 aromatic rings. The molecule has 6 nitrogen and oxygen atoms in total. The molecular formula is C21H13FN4O2. The van der Waals surface area contributed by atoms with Crippen molar-refractivity contribution in [3.63, 3.8) is 0 Å². The van der Waals surface area contributed by atoms with Gasteiger partial charge in [-0.1, -0.05) is 12.1 Å². The summed E-state index contributed by atoms with van der Waals surface area (Å²) in [6, 6.07) is 12.0. The molecule has 0 aliphatic rings. The third-order valence-electron chi connectivity index (χ3n) is 4.62. The molecule has 0 spiro atoms. The molecule has 136 valence electrons. The maximum absolute atomic E-state index is 14.7. The second-order valence-electron chi connectivity index (χ2n) is 6.39. The minimum Gasteiger partial charge on any atom is -0.446 e. The lowest BCUT2D eigenvalue weighted by Gasteiger charge is -2.09. The quantitative estimate of drug-likeness (QED) is 0.482. The summed E-state index contributed by atoms with van der Waals surface area (Å²) in [6.07, 6.45) is 6.16. The lowest BCUT2D eigenvalue weighted by atomic mass is 10.0. The average molecular weight is 372 g/mol. The second-order valence-corrected chi connectivity index (χ2v) is 6.39. The number of pyridine rings is 2. The van der Waals surface area contributed by atoms with Crippen LogP contribution in [0.5, 0.6) is 0 Å². The highest BCUT2D eigenvalue weighted by Gasteiger charge is 2.10. The van der Waals surface area contributed by atoms with Crippen molar-refractivity contribution in [2.45, 2.75) is 6.54 Å². The normalized spacial score (nSPS) is 11.3. The van der Waals surface area contributed by atoms with Gasteiger partial charge in [-0.2, -0.15) is 0 Å². The smallest absolute Gasteiger partial charge is 0.280 e. The Kier molecular flexibility index (Phi) is 3.72. The summed E-state index contributed by atoms with van der Waals surface area (Å²) in [6.45, 7) is 0.0729. The minimum absolute atomic E-state index is 0.0729. The number of hydrogen-bond donors (Lipinski definition) is 0. The number of hydrogen-bond acceptors (Lipinski definition) is 5. The van der Waals surface area contributed by atoms with Crippen LogP contribution in [0, 0.1) is 5.82 Å². The van der Waals surface area contributed by atoms with E-state index in [0.717, 1.165) is 10.9 Å². The van der Waals surface area contributed by atoms with Crippen molar-refractivity contribution in [3.8, 4) is 11.1 Å². The Balaban J connectivity index is 1.50. The summed E-state index contributed by atoms with van der Waals surface area (Å²) in [5.74, 6) is -0.405. The van der Waals surface area contributed by atoms with Crippen molar-refractivity contribution in [1.29, 1.82) is 0 Å². The number of fused-ring (bicyclic) bond motifs is 2. The van der Waals surface area contributed by atoms with Crippen molar-refractivity contribution >= 4 is 22.1 Å². The van der Waals surface area contributed by atoms with Crippen molar-refractivity contribution in [1.82, 2.24) is 19.5 Å². The predicted octanol–water partition coefficient (Wildman–Crippen LogP) is 3.79. The SMILES string of the molecule is O=c1c2ncccc2ncn1Cc1ccc(-c2cnc3occc3c2)cc1F. The van der Waals surface area contributed by atoms with Crippen molar-refractivity contribution in [2.24, 2.45) is 0 Å². The van der Waals surface area contributed by atoms with Gasteiger partial charge in [-0.15, -0.1) is 0 Å². The molecule has 4 heterocycles. The standard InChI is InChI=1S/C21H13FN4O2/c22-17-9-13(16-8-14-5-7-28-20(14)24-10-16)3-4-15(17)11-26-12-25-18-2-1-6-23-19(18)21(26)27/h1-10,12H,11H2. The Labute approximate surface area is 157 Å². The van der Waals surface area contributed by atoms with Gasteiger partial charge >= 0.3 is 0 Å². The summed E-state index contributed by atoms with van der Waals surface area (Å²) < 4.78 is 21.3. The Morgan fingerprint density at radius 1 is 1.04 bits per heavy atom. The monoisotopic (exact) mass is 372 g/mol. The molecule has 0 N–H and O–H groups in total. The Morgan fingerprint density at radius 3 is 2.86 bits per heavy atom. The molecule has 28 heavy (non-hydrogen) atoms. The highest BCUT2D eigenvalue weighted by Crippen LogP contribution is 2.25. The molecule has 0 unspecified atom stereocenters. The number of halogens is 1. The first kappa shape index (κ1) is 16.3. The van der Waals surface area contributed by atoms with E-state index in [0.29, 0.717) is 22.4 Å². The highest BCUT2D eigenvalue weighted by atomic mass is 19.1. The van der Waals surface area contributed by atoms with Gasteiger partial charge in [-0.05, 0) is 35.9 Å². The molecule has 0 saturated heterocycles. The zero-order valence-electron chi connectivity index (χ0n) is 14.5. The van der Waals surface area contributed by atoms with Gasteiger partial charge in [0.25, 0.3) is 5.56 Å². The van der Waals surface area contributed by atoms with Crippen LogP contribution >= 0.6 is 0 Å². The van der Waals surface area contributed by atoms with E-state index in [9.17, 15) is 9.18 Å². The number of furan rings is 1. The molecule has 0 aliphatic heterocycles. The Morgan fingerprint density at radius 2 is 1.96 bits per heavy atom. The lowest BCUT2D eigenvalue weighted by molar-refractivity contribution is 0.595. The first-order valence-corrected chi connectivity index (χ1v) is 8.61. The van der Waals surface area contributed by atoms with Gasteiger partial charge in [-0.3, -0.25) is 9.36 Å². The van der Waals surface area contributed by atoms with Gasteiger partial charge in [0.05, 0.1) is 24.7 Å². The summed E-state index contributed by atoms with van der Waals surface area (Å²) in [7, 11) is 0. The van der Waals surface area contributed by atoms with Crippen LogP contribution in [-0.4, -0.2) is 19.5 Å². The molecule has 0 radical (unpaired) electrons. The van der Waals surface area contributed by atoms with Crippen LogP contribution in [-0.2, 0) is 6.54 Å². The largest absolute Gasteiger partial charge is 0.446 e. The van der Waals surface area contributed by atoms with Crippen molar-refractivity contribution < 1.29 is 8.81 Å². The fourth-order valence-electron chi connectivity index (χ4n) is 3.15. The van der Waals surface area contributed by atoms with Crippen LogP contribution in [0.25, 0.3) is 33.3 Å². The first-order valence-electron chi connectivity index (χ1n) is 8.61. The van der Waals surface area contributed by atoms with Gasteiger partial charge in [0.2, 0.25) is 5.71 Å². The maximum atomic E-state index is 14.7. The minimum atomic E-state index is -0.405. The van der Waals surface area contributed by atoms with Gasteiger partial charge in [0, 0.05) is 28.9 Å². The zero-order chi connectivity index (χ0) is 19.1. The Hall–Kier alpha value is -3.87. The fourth-order valence-corrected chi connectivity index (χ4v) is 3.15. The first-order chi connectivity index (χ1) is 13.7. The van der Waals surface area contributed by atoms with Crippen molar-refractivity contribution in [2.75, 3.05) is 0 Å². The molecule has 0 amide bonds. The zero-order valence-corrected chi connectivity index (χ0v) is 14.5. The summed E-state index contributed by atoms with van der Waals surface area (Å²) in [4.78, 5) is 25.1. The van der Waals surface area contributed by atoms with E-state index in [1.807, 2.05) is 12.1 Å². The molecular weight excluding hydrogens is 359 g/mol. The van der Waals surface area contributed by atoms with Gasteiger partial charge in [0.1, 0.15) is 5.82 Å². The van der Waals surface area contributed by atoms with Gasteiger partial charge in [-0.25, -0.2) is 19.3 Å². The topological polar surface area (TPSA) is 73.8 Å². The molecule has 0 saturated carbocycles. The van der Waals surface area contributed by atoms with Crippen LogP contribution in [0.15, 0.2) is 76.7 Å². The van der Waals surface area contributed by atoms with Crippen LogP contribution in [0.1, 0.15) is 5.56 Å². The van der Waals surface area contributed by atoms with E-state index in [-0.39, 0.29) is 17.6 Å². The predicted molar refractivity (Wildman–Crippen MR) is 102 cm³/mol. The number of aromatic nitrogens is 4. The number of rotatable bonds is 3. The van der Waals surface area contributed by atoms with Gasteiger partial charge in [0.15, 0.2) is 5.52 Å². The molecule has 5 rings (SSSR count). The molecule has 1 aromatic carbocycles. The average Bonchev–Trinajstić information content (AvgIpc) is 3.19. The van der Waals surface area contributed by atoms with Gasteiger partial charge < -0.3 is 4.42 Å². The summed E-state index contributed by atoms with van der Waals surface area (Å²) in [5.41, 5.74) is 2.89. The summed E-state index contributed by atoms with van der Waals surface area (Å²) in [5, 5.41) is 0.850. The van der Waals surface area contributed by atoms with E-state index in [1.165, 1.54) is 23.2 Å². The molecule has 0 bridgehead atoms. The third-order valence-corrected chi connectivity index (χ3v) is 4.62. The second kappa shape index (κ2) is 6.38. The molecule has 0 aliphatic carbocycles. The van der Waals surface area contributed by atoms with Crippen molar-refractivity contribution in [3.05, 3.63) is 89.2 Å². The highest BCUT2D eigenvalue weighted by molar-refractivity contribution is 5.79. The van der Waals surface area contributed by atoms with Crippen LogP contribution in [0.4, 0.5) is 4.39 Å². The van der Waals surface area contributed by atoms with E-state index in [2.05, 4.69) is 15.0 Å². The maximum Gasteiger partial charge on any atom is 0.280 e. The fraction of sp³-hybridized carbons (Fsp3) is 0.0476. The Bertz CT molecular complexity index is 1390. The lowest BCUT2D eigenvalue weighted by Crippen LogP contribution is -2.22. The number of benzene rings is 1. The van der Waals surface area contributed by atoms with E-state index in [4.69, 9.17) is 4.42 Å².